The first-order chi connectivity index (χ1) is 9.51. The summed E-state index contributed by atoms with van der Waals surface area (Å²) in [7, 11) is 1.37. The van der Waals surface area contributed by atoms with Crippen LogP contribution in [0.3, 0.4) is 0 Å². The number of nitrogens with zero attached hydrogens (tertiary/aromatic N) is 2. The second-order valence-electron chi connectivity index (χ2n) is 3.95. The van der Waals surface area contributed by atoms with Crippen LogP contribution in [0.4, 0.5) is 4.39 Å². The summed E-state index contributed by atoms with van der Waals surface area (Å²) in [4.78, 5) is 27.1. The lowest BCUT2D eigenvalue weighted by molar-refractivity contribution is 0.0967. The van der Waals surface area contributed by atoms with Crippen LogP contribution in [-0.4, -0.2) is 22.4 Å². The first kappa shape index (κ1) is 14.2. The Balaban J connectivity index is 2.35. The molecule has 0 unspecified atom stereocenters. The molecule has 0 aliphatic carbocycles. The summed E-state index contributed by atoms with van der Waals surface area (Å²) in [5.74, 6) is -0.808. The fraction of sp³-hybridized carbons (Fsp3) is 0.154. The van der Waals surface area contributed by atoms with E-state index in [1.807, 2.05) is 0 Å². The zero-order valence-electron chi connectivity index (χ0n) is 10.5. The number of halogens is 2. The van der Waals surface area contributed by atoms with Crippen molar-refractivity contribution in [3.8, 4) is 5.75 Å². The number of carbonyl (C=O) groups is 1. The summed E-state index contributed by atoms with van der Waals surface area (Å²) < 4.78 is 19.3. The zero-order valence-corrected chi connectivity index (χ0v) is 11.2. The average molecular weight is 297 g/mol. The Morgan fingerprint density at radius 1 is 1.50 bits per heavy atom. The quantitative estimate of drug-likeness (QED) is 0.809. The van der Waals surface area contributed by atoms with Gasteiger partial charge in [-0.1, -0.05) is 11.6 Å². The van der Waals surface area contributed by atoms with Crippen LogP contribution in [0.5, 0.6) is 5.75 Å². The van der Waals surface area contributed by atoms with Crippen molar-refractivity contribution in [3.63, 3.8) is 0 Å². The molecule has 0 atom stereocenters. The molecule has 0 spiro atoms. The van der Waals surface area contributed by atoms with Gasteiger partial charge in [0, 0.05) is 6.20 Å². The third-order valence-electron chi connectivity index (χ3n) is 2.60. The fourth-order valence-corrected chi connectivity index (χ4v) is 1.85. The van der Waals surface area contributed by atoms with Crippen LogP contribution in [0.1, 0.15) is 10.4 Å². The van der Waals surface area contributed by atoms with Crippen molar-refractivity contribution >= 4 is 17.4 Å². The molecule has 0 aliphatic heterocycles. The van der Waals surface area contributed by atoms with Gasteiger partial charge in [-0.25, -0.2) is 14.2 Å². The Labute approximate surface area is 118 Å². The molecule has 104 valence electrons. The molecule has 0 N–H and O–H groups in total. The molecule has 7 heteroatoms. The normalized spacial score (nSPS) is 10.3. The van der Waals surface area contributed by atoms with E-state index in [-0.39, 0.29) is 22.9 Å². The van der Waals surface area contributed by atoms with Crippen LogP contribution >= 0.6 is 11.6 Å². The van der Waals surface area contributed by atoms with E-state index in [1.54, 1.807) is 0 Å². The standard InChI is InChI=1S/C13H10ClFN2O3/c1-20-12-3-2-9(15)4-10(12)11(18)7-17-6-8(14)5-16-13(17)19/h2-6H,7H2,1H3. The van der Waals surface area contributed by atoms with E-state index in [0.29, 0.717) is 0 Å². The van der Waals surface area contributed by atoms with Crippen LogP contribution < -0.4 is 10.4 Å². The number of carbonyl (C=O) groups excluding carboxylic acids is 1. The Kier molecular flexibility index (Phi) is 4.14. The highest BCUT2D eigenvalue weighted by molar-refractivity contribution is 6.30. The van der Waals surface area contributed by atoms with Crippen LogP contribution in [0, 0.1) is 5.82 Å². The molecule has 0 saturated carbocycles. The molecule has 0 radical (unpaired) electrons. The maximum atomic E-state index is 13.2. The van der Waals surface area contributed by atoms with Crippen molar-refractivity contribution in [1.29, 1.82) is 0 Å². The number of hydrogen-bond donors (Lipinski definition) is 0. The van der Waals surface area contributed by atoms with Gasteiger partial charge >= 0.3 is 5.69 Å². The van der Waals surface area contributed by atoms with E-state index in [0.717, 1.165) is 10.6 Å². The lowest BCUT2D eigenvalue weighted by atomic mass is 10.1. The van der Waals surface area contributed by atoms with Gasteiger partial charge in [-0.2, -0.15) is 0 Å². The number of rotatable bonds is 4. The van der Waals surface area contributed by atoms with Crippen LogP contribution in [0.15, 0.2) is 35.4 Å². The number of Topliss-reactive ketones (excluding diaryl/α,β-unsaturated/α-hetero) is 1. The Morgan fingerprint density at radius 2 is 2.25 bits per heavy atom. The molecule has 0 amide bonds. The Bertz CT molecular complexity index is 715. The molecular formula is C13H10ClFN2O3. The molecule has 5 nitrogen and oxygen atoms in total. The summed E-state index contributed by atoms with van der Waals surface area (Å²) in [6.07, 6.45) is 2.48. The van der Waals surface area contributed by atoms with E-state index in [9.17, 15) is 14.0 Å². The van der Waals surface area contributed by atoms with E-state index in [1.165, 1.54) is 31.6 Å². The predicted molar refractivity (Wildman–Crippen MR) is 70.8 cm³/mol. The minimum Gasteiger partial charge on any atom is -0.496 e. The van der Waals surface area contributed by atoms with Gasteiger partial charge in [-0.15, -0.1) is 0 Å². The van der Waals surface area contributed by atoms with Crippen LogP contribution in [-0.2, 0) is 6.54 Å². The molecule has 0 saturated heterocycles. The van der Waals surface area contributed by atoms with E-state index < -0.39 is 17.3 Å². The molecule has 2 rings (SSSR count). The number of ether oxygens (including phenoxy) is 1. The molecule has 20 heavy (non-hydrogen) atoms. The maximum Gasteiger partial charge on any atom is 0.348 e. The van der Waals surface area contributed by atoms with Gasteiger partial charge in [0.25, 0.3) is 0 Å². The first-order valence-corrected chi connectivity index (χ1v) is 5.98. The summed E-state index contributed by atoms with van der Waals surface area (Å²) in [6, 6.07) is 3.59. The minimum absolute atomic E-state index is 0.0550. The third kappa shape index (κ3) is 3.03. The van der Waals surface area contributed by atoms with Crippen molar-refractivity contribution in [2.75, 3.05) is 7.11 Å². The number of ketones is 1. The van der Waals surface area contributed by atoms with Gasteiger partial charge in [0.05, 0.1) is 30.4 Å². The second kappa shape index (κ2) is 5.83. The van der Waals surface area contributed by atoms with Gasteiger partial charge in [0.2, 0.25) is 0 Å². The fourth-order valence-electron chi connectivity index (χ4n) is 1.68. The van der Waals surface area contributed by atoms with Crippen molar-refractivity contribution in [1.82, 2.24) is 9.55 Å². The van der Waals surface area contributed by atoms with Gasteiger partial charge in [0.1, 0.15) is 11.6 Å². The van der Waals surface area contributed by atoms with Gasteiger partial charge in [-0.05, 0) is 18.2 Å². The number of benzene rings is 1. The van der Waals surface area contributed by atoms with E-state index >= 15 is 0 Å². The first-order valence-electron chi connectivity index (χ1n) is 5.60. The predicted octanol–water partition coefficient (Wildman–Crippen LogP) is 1.93. The number of methoxy groups -OCH3 is 1. The summed E-state index contributed by atoms with van der Waals surface area (Å²) in [5.41, 5.74) is -0.558. The molecule has 2 aromatic rings. The number of hydrogen-bond acceptors (Lipinski definition) is 4. The monoisotopic (exact) mass is 296 g/mol. The molecule has 1 aromatic carbocycles. The van der Waals surface area contributed by atoms with Gasteiger partial charge in [0.15, 0.2) is 5.78 Å². The molecular weight excluding hydrogens is 287 g/mol. The topological polar surface area (TPSA) is 61.2 Å². The maximum absolute atomic E-state index is 13.2. The molecule has 0 aliphatic rings. The van der Waals surface area contributed by atoms with Crippen molar-refractivity contribution in [2.45, 2.75) is 6.54 Å². The Hall–Kier alpha value is -2.21. The highest BCUT2D eigenvalue weighted by Crippen LogP contribution is 2.20. The summed E-state index contributed by atoms with van der Waals surface area (Å²) in [6.45, 7) is -0.299. The van der Waals surface area contributed by atoms with Gasteiger partial charge < -0.3 is 4.74 Å². The smallest absolute Gasteiger partial charge is 0.348 e. The molecule has 1 heterocycles. The van der Waals surface area contributed by atoms with Crippen LogP contribution in [0.25, 0.3) is 0 Å². The molecule has 0 bridgehead atoms. The third-order valence-corrected chi connectivity index (χ3v) is 2.79. The minimum atomic E-state index is -0.613. The second-order valence-corrected chi connectivity index (χ2v) is 4.39. The van der Waals surface area contributed by atoms with E-state index in [4.69, 9.17) is 16.3 Å². The van der Waals surface area contributed by atoms with Crippen LogP contribution in [0.2, 0.25) is 5.02 Å². The van der Waals surface area contributed by atoms with Gasteiger partial charge in [-0.3, -0.25) is 9.36 Å². The highest BCUT2D eigenvalue weighted by Gasteiger charge is 2.15. The lowest BCUT2D eigenvalue weighted by Crippen LogP contribution is -2.26. The average Bonchev–Trinajstić information content (AvgIpc) is 2.42. The van der Waals surface area contributed by atoms with Crippen molar-refractivity contribution in [2.24, 2.45) is 0 Å². The van der Waals surface area contributed by atoms with E-state index in [2.05, 4.69) is 4.98 Å². The van der Waals surface area contributed by atoms with Crippen molar-refractivity contribution < 1.29 is 13.9 Å². The largest absolute Gasteiger partial charge is 0.496 e. The molecule has 1 aromatic heterocycles. The van der Waals surface area contributed by atoms with Crippen molar-refractivity contribution in [3.05, 3.63) is 57.5 Å². The molecule has 0 fully saturated rings. The summed E-state index contributed by atoms with van der Waals surface area (Å²) >= 11 is 5.71. The summed E-state index contributed by atoms with van der Waals surface area (Å²) in [5, 5.41) is 0.226. The SMILES string of the molecule is COc1ccc(F)cc1C(=O)Cn1cc(Cl)cnc1=O. The Morgan fingerprint density at radius 3 is 2.95 bits per heavy atom. The number of aromatic nitrogens is 2. The highest BCUT2D eigenvalue weighted by atomic mass is 35.5. The lowest BCUT2D eigenvalue weighted by Gasteiger charge is -2.09. The zero-order chi connectivity index (χ0) is 14.7.